The van der Waals surface area contributed by atoms with Crippen LogP contribution in [-0.2, 0) is 0 Å². The molecular formula is C21H25N5O2. The Morgan fingerprint density at radius 1 is 1.29 bits per heavy atom. The number of urea groups is 1. The lowest BCUT2D eigenvalue weighted by Gasteiger charge is -2.25. The number of aromatic nitrogens is 3. The number of methoxy groups -OCH3 is 1. The number of anilines is 1. The van der Waals surface area contributed by atoms with Gasteiger partial charge in [-0.2, -0.15) is 5.10 Å². The van der Waals surface area contributed by atoms with Crippen molar-refractivity contribution in [2.24, 2.45) is 0 Å². The average molecular weight is 379 g/mol. The largest absolute Gasteiger partial charge is 0.497 e. The van der Waals surface area contributed by atoms with Gasteiger partial charge in [-0.25, -0.2) is 14.5 Å². The molecule has 1 aliphatic rings. The number of carbonyl (C=O) groups is 1. The number of ether oxygens (including phenoxy) is 1. The molecule has 7 heteroatoms. The first-order valence-corrected chi connectivity index (χ1v) is 9.61. The van der Waals surface area contributed by atoms with Crippen LogP contribution in [0.15, 0.2) is 42.7 Å². The molecule has 0 bridgehead atoms. The molecule has 1 atom stereocenters. The van der Waals surface area contributed by atoms with E-state index < -0.39 is 0 Å². The van der Waals surface area contributed by atoms with Crippen molar-refractivity contribution in [1.82, 2.24) is 19.7 Å². The minimum atomic E-state index is -0.109. The number of amides is 2. The van der Waals surface area contributed by atoms with Gasteiger partial charge in [0.2, 0.25) is 0 Å². The first-order chi connectivity index (χ1) is 13.6. The number of hydrogen-bond acceptors (Lipinski definition) is 4. The summed E-state index contributed by atoms with van der Waals surface area (Å²) in [4.78, 5) is 19.3. The van der Waals surface area contributed by atoms with Crippen LogP contribution in [0.5, 0.6) is 5.75 Å². The summed E-state index contributed by atoms with van der Waals surface area (Å²) in [6.45, 7) is 4.86. The number of benzene rings is 1. The molecule has 0 saturated carbocycles. The minimum Gasteiger partial charge on any atom is -0.497 e. The lowest BCUT2D eigenvalue weighted by atomic mass is 10.0. The van der Waals surface area contributed by atoms with Crippen molar-refractivity contribution in [3.05, 3.63) is 48.3 Å². The van der Waals surface area contributed by atoms with Crippen molar-refractivity contribution in [2.75, 3.05) is 19.0 Å². The van der Waals surface area contributed by atoms with Crippen molar-refractivity contribution in [3.63, 3.8) is 0 Å². The van der Waals surface area contributed by atoms with E-state index in [0.717, 1.165) is 41.7 Å². The fourth-order valence-electron chi connectivity index (χ4n) is 3.79. The number of carbonyl (C=O) groups excluding carboxylic acids is 1. The summed E-state index contributed by atoms with van der Waals surface area (Å²) >= 11 is 0. The van der Waals surface area contributed by atoms with Crippen LogP contribution in [0.4, 0.5) is 10.5 Å². The van der Waals surface area contributed by atoms with Gasteiger partial charge < -0.3 is 15.0 Å². The fraction of sp³-hybridized carbons (Fsp3) is 0.381. The van der Waals surface area contributed by atoms with Crippen molar-refractivity contribution in [1.29, 1.82) is 0 Å². The van der Waals surface area contributed by atoms with Gasteiger partial charge >= 0.3 is 6.03 Å². The standard InChI is InChI=1S/C21H25N5O2/c1-14(2)26-20-16(12-23-26)10-17(13-22-20)24-21(27)25-9-5-8-19(25)15-6-4-7-18(11-15)28-3/h4,6-7,10-14,19H,5,8-9H2,1-3H3,(H,24,27). The zero-order valence-electron chi connectivity index (χ0n) is 16.4. The van der Waals surface area contributed by atoms with Gasteiger partial charge in [0.25, 0.3) is 0 Å². The first-order valence-electron chi connectivity index (χ1n) is 9.61. The van der Waals surface area contributed by atoms with Gasteiger partial charge in [-0.15, -0.1) is 0 Å². The van der Waals surface area contributed by atoms with Gasteiger partial charge in [-0.3, -0.25) is 0 Å². The maximum atomic E-state index is 12.9. The number of fused-ring (bicyclic) bond motifs is 1. The number of likely N-dealkylation sites (tertiary alicyclic amines) is 1. The quantitative estimate of drug-likeness (QED) is 0.730. The monoisotopic (exact) mass is 379 g/mol. The van der Waals surface area contributed by atoms with E-state index in [9.17, 15) is 4.79 Å². The van der Waals surface area contributed by atoms with Crippen LogP contribution >= 0.6 is 0 Å². The van der Waals surface area contributed by atoms with E-state index in [1.807, 2.05) is 39.9 Å². The highest BCUT2D eigenvalue weighted by Crippen LogP contribution is 2.34. The molecule has 3 heterocycles. The maximum absolute atomic E-state index is 12.9. The van der Waals surface area contributed by atoms with Crippen molar-refractivity contribution in [2.45, 2.75) is 38.8 Å². The van der Waals surface area contributed by atoms with Gasteiger partial charge in [0.1, 0.15) is 5.75 Å². The Hall–Kier alpha value is -3.09. The van der Waals surface area contributed by atoms with Gasteiger partial charge in [0.15, 0.2) is 5.65 Å². The van der Waals surface area contributed by atoms with Crippen LogP contribution in [-0.4, -0.2) is 39.4 Å². The predicted molar refractivity (Wildman–Crippen MR) is 109 cm³/mol. The summed E-state index contributed by atoms with van der Waals surface area (Å²) in [5.74, 6) is 0.807. The van der Waals surface area contributed by atoms with Crippen LogP contribution < -0.4 is 10.1 Å². The van der Waals surface area contributed by atoms with E-state index in [-0.39, 0.29) is 18.1 Å². The second kappa shape index (κ2) is 7.50. The van der Waals surface area contributed by atoms with Gasteiger partial charge in [-0.1, -0.05) is 12.1 Å². The van der Waals surface area contributed by atoms with Crippen molar-refractivity contribution in [3.8, 4) is 5.75 Å². The third-order valence-electron chi connectivity index (χ3n) is 5.17. The summed E-state index contributed by atoms with van der Waals surface area (Å²) in [5.41, 5.74) is 2.60. The van der Waals surface area contributed by atoms with E-state index in [1.54, 1.807) is 19.5 Å². The smallest absolute Gasteiger partial charge is 0.322 e. The number of nitrogens with zero attached hydrogens (tertiary/aromatic N) is 4. The van der Waals surface area contributed by atoms with E-state index >= 15 is 0 Å². The molecule has 3 aromatic rings. The fourth-order valence-corrected chi connectivity index (χ4v) is 3.79. The molecule has 1 N–H and O–H groups in total. The molecule has 0 spiro atoms. The first kappa shape index (κ1) is 18.3. The molecule has 2 amide bonds. The Balaban J connectivity index is 1.53. The molecule has 0 aliphatic carbocycles. The number of hydrogen-bond donors (Lipinski definition) is 1. The predicted octanol–water partition coefficient (Wildman–Crippen LogP) is 4.39. The summed E-state index contributed by atoms with van der Waals surface area (Å²) in [7, 11) is 1.66. The minimum absolute atomic E-state index is 0.0514. The number of rotatable bonds is 4. The molecule has 1 aromatic carbocycles. The molecule has 1 aliphatic heterocycles. The lowest BCUT2D eigenvalue weighted by Crippen LogP contribution is -2.34. The SMILES string of the molecule is COc1cccc(C2CCCN2C(=O)Nc2cnc3c(cnn3C(C)C)c2)c1. The van der Waals surface area contributed by atoms with Gasteiger partial charge in [0.05, 0.1) is 31.2 Å². The average Bonchev–Trinajstić information content (AvgIpc) is 3.35. The van der Waals surface area contributed by atoms with Crippen LogP contribution in [0.3, 0.4) is 0 Å². The van der Waals surface area contributed by atoms with Crippen molar-refractivity contribution < 1.29 is 9.53 Å². The maximum Gasteiger partial charge on any atom is 0.322 e. The molecule has 0 radical (unpaired) electrons. The Morgan fingerprint density at radius 3 is 2.93 bits per heavy atom. The summed E-state index contributed by atoms with van der Waals surface area (Å²) in [6, 6.07) is 10.0. The Labute approximate surface area is 164 Å². The summed E-state index contributed by atoms with van der Waals surface area (Å²) in [6.07, 6.45) is 5.40. The highest BCUT2D eigenvalue weighted by atomic mass is 16.5. The lowest BCUT2D eigenvalue weighted by molar-refractivity contribution is 0.207. The Bertz CT molecular complexity index is 997. The molecule has 1 unspecified atom stereocenters. The normalized spacial score (nSPS) is 16.7. The molecule has 4 rings (SSSR count). The highest BCUT2D eigenvalue weighted by molar-refractivity contribution is 5.92. The Morgan fingerprint density at radius 2 is 2.14 bits per heavy atom. The van der Waals surface area contributed by atoms with E-state index in [0.29, 0.717) is 5.69 Å². The van der Waals surface area contributed by atoms with Crippen LogP contribution in [0.2, 0.25) is 0 Å². The second-order valence-electron chi connectivity index (χ2n) is 7.38. The van der Waals surface area contributed by atoms with Crippen molar-refractivity contribution >= 4 is 22.8 Å². The van der Waals surface area contributed by atoms with E-state index in [1.165, 1.54) is 0 Å². The zero-order valence-corrected chi connectivity index (χ0v) is 16.4. The molecular weight excluding hydrogens is 354 g/mol. The molecule has 7 nitrogen and oxygen atoms in total. The topological polar surface area (TPSA) is 72.3 Å². The van der Waals surface area contributed by atoms with Crippen LogP contribution in [0.1, 0.15) is 44.3 Å². The van der Waals surface area contributed by atoms with Crippen LogP contribution in [0, 0.1) is 0 Å². The molecule has 1 saturated heterocycles. The molecule has 146 valence electrons. The second-order valence-corrected chi connectivity index (χ2v) is 7.38. The number of nitrogens with one attached hydrogen (secondary N) is 1. The zero-order chi connectivity index (χ0) is 19.7. The van der Waals surface area contributed by atoms with Crippen LogP contribution in [0.25, 0.3) is 11.0 Å². The Kier molecular flexibility index (Phi) is 4.90. The summed E-state index contributed by atoms with van der Waals surface area (Å²) in [5, 5.41) is 8.29. The van der Waals surface area contributed by atoms with Gasteiger partial charge in [0, 0.05) is 18.0 Å². The molecule has 2 aromatic heterocycles. The van der Waals surface area contributed by atoms with Gasteiger partial charge in [-0.05, 0) is 50.5 Å². The third kappa shape index (κ3) is 3.40. The summed E-state index contributed by atoms with van der Waals surface area (Å²) < 4.78 is 7.21. The third-order valence-corrected chi connectivity index (χ3v) is 5.17. The van der Waals surface area contributed by atoms with E-state index in [2.05, 4.69) is 29.2 Å². The highest BCUT2D eigenvalue weighted by Gasteiger charge is 2.30. The molecule has 1 fully saturated rings. The van der Waals surface area contributed by atoms with E-state index in [4.69, 9.17) is 4.74 Å². The number of pyridine rings is 1. The molecule has 28 heavy (non-hydrogen) atoms.